The number of anilines is 2. The second kappa shape index (κ2) is 6.80. The van der Waals surface area contributed by atoms with Crippen LogP contribution in [-0.4, -0.2) is 27.6 Å². The van der Waals surface area contributed by atoms with Crippen molar-refractivity contribution in [3.05, 3.63) is 45.9 Å². The number of hydrogen-bond acceptors (Lipinski definition) is 6. The Morgan fingerprint density at radius 1 is 1.20 bits per heavy atom. The molecule has 0 fully saturated rings. The molecule has 1 aliphatic rings. The molecule has 1 aliphatic heterocycles. The number of fused-ring (bicyclic) bond motifs is 1. The molecule has 0 amide bonds. The van der Waals surface area contributed by atoms with Crippen molar-refractivity contribution in [3.63, 3.8) is 0 Å². The average molecular weight is 340 g/mol. The Morgan fingerprint density at radius 2 is 1.88 bits per heavy atom. The van der Waals surface area contributed by atoms with E-state index in [-0.39, 0.29) is 0 Å². The van der Waals surface area contributed by atoms with Crippen LogP contribution < -0.4 is 4.90 Å². The van der Waals surface area contributed by atoms with E-state index in [4.69, 9.17) is 4.74 Å². The summed E-state index contributed by atoms with van der Waals surface area (Å²) >= 11 is 0. The van der Waals surface area contributed by atoms with Gasteiger partial charge in [-0.25, -0.2) is 9.97 Å². The number of aromatic nitrogens is 2. The second-order valence-electron chi connectivity index (χ2n) is 6.47. The van der Waals surface area contributed by atoms with Gasteiger partial charge in [0.05, 0.1) is 18.0 Å². The molecular formula is C19H24N4O2. The molecule has 0 bridgehead atoms. The molecule has 6 heteroatoms. The van der Waals surface area contributed by atoms with Crippen LogP contribution in [0.1, 0.15) is 47.1 Å². The summed E-state index contributed by atoms with van der Waals surface area (Å²) in [5.41, 5.74) is 6.78. The number of rotatable bonds is 3. The molecule has 1 aromatic heterocycles. The van der Waals surface area contributed by atoms with Gasteiger partial charge in [-0.2, -0.15) is 0 Å². The van der Waals surface area contributed by atoms with Crippen molar-refractivity contribution in [3.8, 4) is 0 Å². The van der Waals surface area contributed by atoms with Gasteiger partial charge in [-0.05, 0) is 45.2 Å². The van der Waals surface area contributed by atoms with Gasteiger partial charge in [0.2, 0.25) is 0 Å². The Bertz CT molecular complexity index is 823. The highest BCUT2D eigenvalue weighted by Crippen LogP contribution is 2.37. The third-order valence-corrected chi connectivity index (χ3v) is 4.45. The molecule has 25 heavy (non-hydrogen) atoms. The minimum absolute atomic E-state index is 0.407. The van der Waals surface area contributed by atoms with Crippen molar-refractivity contribution < 1.29 is 9.94 Å². The van der Waals surface area contributed by atoms with Crippen molar-refractivity contribution in [2.75, 3.05) is 11.6 Å². The number of benzene rings is 1. The summed E-state index contributed by atoms with van der Waals surface area (Å²) in [6.07, 6.45) is 0.585. The van der Waals surface area contributed by atoms with Gasteiger partial charge >= 0.3 is 0 Å². The van der Waals surface area contributed by atoms with Crippen LogP contribution in [0.25, 0.3) is 0 Å². The minimum atomic E-state index is 0.407. The molecular weight excluding hydrogens is 316 g/mol. The van der Waals surface area contributed by atoms with Crippen molar-refractivity contribution in [2.45, 2.75) is 47.6 Å². The Balaban J connectivity index is 2.22. The van der Waals surface area contributed by atoms with Gasteiger partial charge in [0.15, 0.2) is 0 Å². The van der Waals surface area contributed by atoms with E-state index < -0.39 is 0 Å². The number of ether oxygens (including phenoxy) is 1. The highest BCUT2D eigenvalue weighted by Gasteiger charge is 2.27. The maximum absolute atomic E-state index is 9.35. The zero-order valence-corrected chi connectivity index (χ0v) is 15.4. The molecule has 0 aliphatic carbocycles. The van der Waals surface area contributed by atoms with Gasteiger partial charge in [-0.1, -0.05) is 29.8 Å². The molecule has 0 saturated heterocycles. The molecule has 132 valence electrons. The maximum Gasteiger partial charge on any atom is 0.144 e. The average Bonchev–Trinajstić information content (AvgIpc) is 2.55. The van der Waals surface area contributed by atoms with Gasteiger partial charge in [0.1, 0.15) is 24.1 Å². The molecule has 1 aromatic carbocycles. The van der Waals surface area contributed by atoms with E-state index in [2.05, 4.69) is 52.9 Å². The Kier molecular flexibility index (Phi) is 4.72. The summed E-state index contributed by atoms with van der Waals surface area (Å²) in [6.45, 7) is 10.9. The summed E-state index contributed by atoms with van der Waals surface area (Å²) in [7, 11) is 0. The standard InChI is InChI=1S/C19H24N4O2/c1-6-16(22-24)17-15-9-25-10-23(19(15)21-14(5)20-17)18-12(3)7-11(2)8-13(18)4/h7-8,24H,6,9-10H2,1-5H3. The largest absolute Gasteiger partial charge is 0.411 e. The fourth-order valence-corrected chi connectivity index (χ4v) is 3.53. The molecule has 3 rings (SSSR count). The topological polar surface area (TPSA) is 70.8 Å². The first-order valence-corrected chi connectivity index (χ1v) is 8.48. The first-order valence-electron chi connectivity index (χ1n) is 8.48. The van der Waals surface area contributed by atoms with E-state index in [1.807, 2.05) is 13.8 Å². The maximum atomic E-state index is 9.35. The third-order valence-electron chi connectivity index (χ3n) is 4.45. The molecule has 2 heterocycles. The summed E-state index contributed by atoms with van der Waals surface area (Å²) in [4.78, 5) is 11.3. The van der Waals surface area contributed by atoms with E-state index in [9.17, 15) is 5.21 Å². The number of hydrogen-bond donors (Lipinski definition) is 1. The van der Waals surface area contributed by atoms with Crippen LogP contribution in [-0.2, 0) is 11.3 Å². The Labute approximate surface area is 148 Å². The Hall–Kier alpha value is -2.47. The molecule has 0 radical (unpaired) electrons. The first-order chi connectivity index (χ1) is 12.0. The van der Waals surface area contributed by atoms with Crippen molar-refractivity contribution >= 4 is 17.2 Å². The van der Waals surface area contributed by atoms with Crippen LogP contribution in [0, 0.1) is 27.7 Å². The SMILES string of the molecule is CCC(=NO)c1nc(C)nc2c1COCN2c1c(C)cc(C)cc1C. The van der Waals surface area contributed by atoms with E-state index in [0.29, 0.717) is 37.0 Å². The molecule has 0 atom stereocenters. The fraction of sp³-hybridized carbons (Fsp3) is 0.421. The number of oxime groups is 1. The number of nitrogens with zero attached hydrogens (tertiary/aromatic N) is 4. The van der Waals surface area contributed by atoms with Gasteiger partial charge < -0.3 is 14.8 Å². The Morgan fingerprint density at radius 3 is 2.48 bits per heavy atom. The predicted octanol–water partition coefficient (Wildman–Crippen LogP) is 3.92. The van der Waals surface area contributed by atoms with Crippen LogP contribution >= 0.6 is 0 Å². The fourth-order valence-electron chi connectivity index (χ4n) is 3.53. The minimum Gasteiger partial charge on any atom is -0.411 e. The lowest BCUT2D eigenvalue weighted by atomic mass is 10.0. The lowest BCUT2D eigenvalue weighted by molar-refractivity contribution is 0.115. The van der Waals surface area contributed by atoms with Crippen LogP contribution in [0.2, 0.25) is 0 Å². The summed E-state index contributed by atoms with van der Waals surface area (Å²) in [6, 6.07) is 4.33. The smallest absolute Gasteiger partial charge is 0.144 e. The molecule has 1 N–H and O–H groups in total. The van der Waals surface area contributed by atoms with Gasteiger partial charge in [-0.15, -0.1) is 0 Å². The van der Waals surface area contributed by atoms with Gasteiger partial charge in [0, 0.05) is 5.56 Å². The van der Waals surface area contributed by atoms with E-state index in [1.165, 1.54) is 16.7 Å². The van der Waals surface area contributed by atoms with Crippen molar-refractivity contribution in [2.24, 2.45) is 5.16 Å². The third kappa shape index (κ3) is 3.09. The summed E-state index contributed by atoms with van der Waals surface area (Å²) in [5.74, 6) is 1.48. The monoisotopic (exact) mass is 340 g/mol. The zero-order chi connectivity index (χ0) is 18.1. The predicted molar refractivity (Wildman–Crippen MR) is 97.8 cm³/mol. The highest BCUT2D eigenvalue weighted by atomic mass is 16.5. The van der Waals surface area contributed by atoms with Crippen LogP contribution in [0.3, 0.4) is 0 Å². The summed E-state index contributed by atoms with van der Waals surface area (Å²) < 4.78 is 5.83. The van der Waals surface area contributed by atoms with Crippen molar-refractivity contribution in [1.82, 2.24) is 9.97 Å². The highest BCUT2D eigenvalue weighted by molar-refractivity contribution is 6.00. The molecule has 0 spiro atoms. The molecule has 6 nitrogen and oxygen atoms in total. The van der Waals surface area contributed by atoms with E-state index >= 15 is 0 Å². The van der Waals surface area contributed by atoms with Crippen LogP contribution in [0.15, 0.2) is 17.3 Å². The van der Waals surface area contributed by atoms with Crippen molar-refractivity contribution in [1.29, 1.82) is 0 Å². The molecule has 0 saturated carbocycles. The van der Waals surface area contributed by atoms with Crippen LogP contribution in [0.5, 0.6) is 0 Å². The van der Waals surface area contributed by atoms with Gasteiger partial charge in [-0.3, -0.25) is 0 Å². The summed E-state index contributed by atoms with van der Waals surface area (Å²) in [5, 5.41) is 12.8. The normalized spacial score (nSPS) is 14.6. The first kappa shape index (κ1) is 17.4. The van der Waals surface area contributed by atoms with Crippen LogP contribution in [0.4, 0.5) is 11.5 Å². The second-order valence-corrected chi connectivity index (χ2v) is 6.47. The lowest BCUT2D eigenvalue weighted by Crippen LogP contribution is -2.31. The quantitative estimate of drug-likeness (QED) is 0.521. The zero-order valence-electron chi connectivity index (χ0n) is 15.4. The van der Waals surface area contributed by atoms with Gasteiger partial charge in [0.25, 0.3) is 0 Å². The molecule has 0 unspecified atom stereocenters. The lowest BCUT2D eigenvalue weighted by Gasteiger charge is -2.33. The molecule has 2 aromatic rings. The van der Waals surface area contributed by atoms with E-state index in [0.717, 1.165) is 17.1 Å². The number of aryl methyl sites for hydroxylation is 4. The van der Waals surface area contributed by atoms with E-state index in [1.54, 1.807) is 0 Å².